The molecule has 0 saturated carbocycles. The Hall–Kier alpha value is -0.940. The van der Waals surface area contributed by atoms with Crippen molar-refractivity contribution in [3.8, 4) is 0 Å². The molecule has 5 heteroatoms. The molecule has 1 heterocycles. The maximum absolute atomic E-state index is 11.0. The largest absolute Gasteiger partial charge is 0.480 e. The monoisotopic (exact) mass is 242 g/mol. The van der Waals surface area contributed by atoms with Gasteiger partial charge in [-0.3, -0.25) is 10.1 Å². The maximum atomic E-state index is 11.0. The minimum absolute atomic E-state index is 0.0487. The number of thiazole rings is 1. The molecule has 0 aliphatic heterocycles. The molecule has 2 atom stereocenters. The fourth-order valence-corrected chi connectivity index (χ4v) is 2.36. The number of nitrogens with zero attached hydrogens (tertiary/aromatic N) is 1. The zero-order valence-corrected chi connectivity index (χ0v) is 10.5. The summed E-state index contributed by atoms with van der Waals surface area (Å²) < 4.78 is 0. The Morgan fingerprint density at radius 2 is 2.38 bits per heavy atom. The second-order valence-corrected chi connectivity index (χ2v) is 4.60. The molecule has 1 aromatic heterocycles. The van der Waals surface area contributed by atoms with Gasteiger partial charge in [0.2, 0.25) is 0 Å². The summed E-state index contributed by atoms with van der Waals surface area (Å²) in [6.45, 7) is 4.02. The van der Waals surface area contributed by atoms with Gasteiger partial charge in [-0.2, -0.15) is 0 Å². The van der Waals surface area contributed by atoms with Crippen molar-refractivity contribution in [3.05, 3.63) is 16.6 Å². The molecule has 0 aliphatic carbocycles. The quantitative estimate of drug-likeness (QED) is 0.771. The lowest BCUT2D eigenvalue weighted by Gasteiger charge is -2.20. The minimum Gasteiger partial charge on any atom is -0.480 e. The van der Waals surface area contributed by atoms with Gasteiger partial charge in [0, 0.05) is 11.6 Å². The number of hydrogen-bond acceptors (Lipinski definition) is 4. The van der Waals surface area contributed by atoms with Crippen LogP contribution >= 0.6 is 11.3 Å². The van der Waals surface area contributed by atoms with Crippen LogP contribution in [-0.4, -0.2) is 22.1 Å². The van der Waals surface area contributed by atoms with E-state index in [0.29, 0.717) is 6.42 Å². The number of rotatable bonds is 7. The smallest absolute Gasteiger partial charge is 0.320 e. The van der Waals surface area contributed by atoms with E-state index in [1.807, 2.05) is 19.2 Å². The Labute approximate surface area is 99.7 Å². The molecule has 0 fully saturated rings. The summed E-state index contributed by atoms with van der Waals surface area (Å²) in [4.78, 5) is 15.3. The average Bonchev–Trinajstić information content (AvgIpc) is 2.77. The Kier molecular flexibility index (Phi) is 5.42. The predicted molar refractivity (Wildman–Crippen MR) is 64.6 cm³/mol. The van der Waals surface area contributed by atoms with Crippen molar-refractivity contribution in [1.82, 2.24) is 10.3 Å². The first-order valence-electron chi connectivity index (χ1n) is 5.57. The first kappa shape index (κ1) is 13.1. The molecule has 1 aromatic rings. The SMILES string of the molecule is CCCC(NC(CC)c1nccs1)C(=O)O. The summed E-state index contributed by atoms with van der Waals surface area (Å²) in [6, 6.07) is -0.425. The Bertz CT molecular complexity index is 314. The molecule has 0 radical (unpaired) electrons. The van der Waals surface area contributed by atoms with E-state index in [1.54, 1.807) is 17.5 Å². The van der Waals surface area contributed by atoms with Crippen molar-refractivity contribution in [2.24, 2.45) is 0 Å². The number of hydrogen-bond donors (Lipinski definition) is 2. The Morgan fingerprint density at radius 3 is 2.81 bits per heavy atom. The first-order valence-corrected chi connectivity index (χ1v) is 6.45. The lowest BCUT2D eigenvalue weighted by Crippen LogP contribution is -2.38. The third-order valence-electron chi connectivity index (χ3n) is 2.44. The van der Waals surface area contributed by atoms with Crippen LogP contribution in [0.1, 0.15) is 44.2 Å². The van der Waals surface area contributed by atoms with Crippen molar-refractivity contribution in [2.45, 2.75) is 45.2 Å². The van der Waals surface area contributed by atoms with Crippen molar-refractivity contribution in [3.63, 3.8) is 0 Å². The predicted octanol–water partition coefficient (Wildman–Crippen LogP) is 2.44. The summed E-state index contributed by atoms with van der Waals surface area (Å²) in [5, 5.41) is 15.1. The number of aliphatic carboxylic acids is 1. The zero-order chi connectivity index (χ0) is 12.0. The molecule has 2 unspecified atom stereocenters. The van der Waals surface area contributed by atoms with Crippen LogP contribution in [0.5, 0.6) is 0 Å². The zero-order valence-electron chi connectivity index (χ0n) is 9.64. The molecule has 16 heavy (non-hydrogen) atoms. The molecule has 4 nitrogen and oxygen atoms in total. The van der Waals surface area contributed by atoms with Crippen LogP contribution < -0.4 is 5.32 Å². The second-order valence-electron chi connectivity index (χ2n) is 3.68. The van der Waals surface area contributed by atoms with Crippen molar-refractivity contribution >= 4 is 17.3 Å². The van der Waals surface area contributed by atoms with Gasteiger partial charge in [0.25, 0.3) is 0 Å². The highest BCUT2D eigenvalue weighted by molar-refractivity contribution is 7.09. The topological polar surface area (TPSA) is 62.2 Å². The van der Waals surface area contributed by atoms with Gasteiger partial charge in [0.05, 0.1) is 6.04 Å². The molecular weight excluding hydrogens is 224 g/mol. The summed E-state index contributed by atoms with van der Waals surface area (Å²) in [6.07, 6.45) is 4.11. The number of carboxylic acid groups (broad SMARTS) is 1. The van der Waals surface area contributed by atoms with E-state index in [2.05, 4.69) is 10.3 Å². The van der Waals surface area contributed by atoms with Crippen molar-refractivity contribution in [2.75, 3.05) is 0 Å². The molecule has 2 N–H and O–H groups in total. The molecule has 0 bridgehead atoms. The molecule has 0 aromatic carbocycles. The molecular formula is C11H18N2O2S. The number of carboxylic acids is 1. The van der Waals surface area contributed by atoms with E-state index in [1.165, 1.54) is 0 Å². The fraction of sp³-hybridized carbons (Fsp3) is 0.636. The van der Waals surface area contributed by atoms with Crippen molar-refractivity contribution in [1.29, 1.82) is 0 Å². The number of carbonyl (C=O) groups is 1. The van der Waals surface area contributed by atoms with Gasteiger partial charge in [0.1, 0.15) is 11.0 Å². The number of nitrogens with one attached hydrogen (secondary N) is 1. The fourth-order valence-electron chi connectivity index (χ4n) is 1.58. The van der Waals surface area contributed by atoms with Crippen LogP contribution in [0.2, 0.25) is 0 Å². The van der Waals surface area contributed by atoms with Crippen LogP contribution in [0.25, 0.3) is 0 Å². The van der Waals surface area contributed by atoms with Gasteiger partial charge in [0.15, 0.2) is 0 Å². The highest BCUT2D eigenvalue weighted by atomic mass is 32.1. The first-order chi connectivity index (χ1) is 7.69. The van der Waals surface area contributed by atoms with Crippen LogP contribution in [0.15, 0.2) is 11.6 Å². The molecule has 90 valence electrons. The van der Waals surface area contributed by atoms with Gasteiger partial charge in [-0.1, -0.05) is 20.3 Å². The van der Waals surface area contributed by atoms with Crippen LogP contribution in [0, 0.1) is 0 Å². The van der Waals surface area contributed by atoms with Gasteiger partial charge in [-0.05, 0) is 12.8 Å². The van der Waals surface area contributed by atoms with Gasteiger partial charge in [-0.25, -0.2) is 4.98 Å². The second kappa shape index (κ2) is 6.60. The van der Waals surface area contributed by atoms with E-state index in [-0.39, 0.29) is 6.04 Å². The third kappa shape index (κ3) is 3.57. The summed E-state index contributed by atoms with van der Waals surface area (Å²) in [5.41, 5.74) is 0. The summed E-state index contributed by atoms with van der Waals surface area (Å²) >= 11 is 1.56. The molecule has 1 rings (SSSR count). The van der Waals surface area contributed by atoms with E-state index in [4.69, 9.17) is 5.11 Å². The van der Waals surface area contributed by atoms with E-state index in [9.17, 15) is 4.79 Å². The van der Waals surface area contributed by atoms with Crippen LogP contribution in [0.3, 0.4) is 0 Å². The van der Waals surface area contributed by atoms with E-state index >= 15 is 0 Å². The van der Waals surface area contributed by atoms with E-state index < -0.39 is 12.0 Å². The summed E-state index contributed by atoms with van der Waals surface area (Å²) in [7, 11) is 0. The van der Waals surface area contributed by atoms with Gasteiger partial charge >= 0.3 is 5.97 Å². The Morgan fingerprint density at radius 1 is 1.62 bits per heavy atom. The van der Waals surface area contributed by atoms with Gasteiger partial charge < -0.3 is 5.11 Å². The highest BCUT2D eigenvalue weighted by Gasteiger charge is 2.21. The average molecular weight is 242 g/mol. The van der Waals surface area contributed by atoms with E-state index in [0.717, 1.165) is 17.8 Å². The van der Waals surface area contributed by atoms with Crippen molar-refractivity contribution < 1.29 is 9.90 Å². The van der Waals surface area contributed by atoms with Gasteiger partial charge in [-0.15, -0.1) is 11.3 Å². The Balaban J connectivity index is 2.64. The number of aromatic nitrogens is 1. The normalized spacial score (nSPS) is 14.6. The minimum atomic E-state index is -0.781. The molecule has 0 spiro atoms. The molecule has 0 saturated heterocycles. The lowest BCUT2D eigenvalue weighted by atomic mass is 10.1. The molecule has 0 amide bonds. The summed E-state index contributed by atoms with van der Waals surface area (Å²) in [5.74, 6) is -0.781. The highest BCUT2D eigenvalue weighted by Crippen LogP contribution is 2.20. The van der Waals surface area contributed by atoms with Crippen LogP contribution in [-0.2, 0) is 4.79 Å². The lowest BCUT2D eigenvalue weighted by molar-refractivity contribution is -0.139. The third-order valence-corrected chi connectivity index (χ3v) is 3.32. The standard InChI is InChI=1S/C11H18N2O2S/c1-3-5-9(11(14)15)13-8(4-2)10-12-6-7-16-10/h6-9,13H,3-5H2,1-2H3,(H,14,15). The molecule has 0 aliphatic rings. The van der Waals surface area contributed by atoms with Crippen LogP contribution in [0.4, 0.5) is 0 Å². The maximum Gasteiger partial charge on any atom is 0.320 e.